The van der Waals surface area contributed by atoms with Crippen molar-refractivity contribution in [3.8, 4) is 11.5 Å². The van der Waals surface area contributed by atoms with Gasteiger partial charge in [0, 0.05) is 14.1 Å². The third-order valence-electron chi connectivity index (χ3n) is 2.44. The number of likely N-dealkylation sites (N-methyl/N-ethyl adjacent to an activating group) is 2. The van der Waals surface area contributed by atoms with E-state index < -0.39 is 5.91 Å². The van der Waals surface area contributed by atoms with Crippen LogP contribution in [0.2, 0.25) is 0 Å². The number of hydrogen-bond acceptors (Lipinski definition) is 4. The molecule has 0 bridgehead atoms. The number of amides is 2. The lowest BCUT2D eigenvalue weighted by Crippen LogP contribution is -2.36. The van der Waals surface area contributed by atoms with Crippen LogP contribution in [-0.2, 0) is 4.79 Å². The number of ether oxygens (including phenoxy) is 1. The maximum absolute atomic E-state index is 12.0. The van der Waals surface area contributed by atoms with Crippen molar-refractivity contribution in [3.63, 3.8) is 0 Å². The molecule has 18 heavy (non-hydrogen) atoms. The molecule has 0 aliphatic heterocycles. The van der Waals surface area contributed by atoms with Gasteiger partial charge in [-0.05, 0) is 18.2 Å². The van der Waals surface area contributed by atoms with Gasteiger partial charge in [-0.2, -0.15) is 0 Å². The van der Waals surface area contributed by atoms with Gasteiger partial charge in [-0.1, -0.05) is 0 Å². The van der Waals surface area contributed by atoms with Gasteiger partial charge >= 0.3 is 0 Å². The number of nitrogens with one attached hydrogen (secondary N) is 1. The first-order valence-corrected chi connectivity index (χ1v) is 5.32. The second-order valence-electron chi connectivity index (χ2n) is 3.72. The number of methoxy groups -OCH3 is 1. The van der Waals surface area contributed by atoms with Crippen molar-refractivity contribution in [2.24, 2.45) is 0 Å². The molecule has 0 radical (unpaired) electrons. The summed E-state index contributed by atoms with van der Waals surface area (Å²) in [4.78, 5) is 24.4. The van der Waals surface area contributed by atoms with Crippen LogP contribution < -0.4 is 10.1 Å². The first-order chi connectivity index (χ1) is 8.49. The molecule has 0 saturated carbocycles. The first-order valence-electron chi connectivity index (χ1n) is 5.32. The van der Waals surface area contributed by atoms with Crippen molar-refractivity contribution < 1.29 is 19.4 Å². The Morgan fingerprint density at radius 2 is 2.11 bits per heavy atom. The summed E-state index contributed by atoms with van der Waals surface area (Å²) in [6.07, 6.45) is 0. The molecule has 1 rings (SSSR count). The highest BCUT2D eigenvalue weighted by molar-refractivity contribution is 5.98. The number of carbonyl (C=O) groups excluding carboxylic acids is 2. The van der Waals surface area contributed by atoms with Gasteiger partial charge in [0.2, 0.25) is 5.91 Å². The molecule has 0 spiro atoms. The highest BCUT2D eigenvalue weighted by atomic mass is 16.5. The molecular weight excluding hydrogens is 236 g/mol. The highest BCUT2D eigenvalue weighted by Crippen LogP contribution is 2.23. The lowest BCUT2D eigenvalue weighted by Gasteiger charge is -2.17. The van der Waals surface area contributed by atoms with E-state index in [-0.39, 0.29) is 23.8 Å². The third kappa shape index (κ3) is 3.13. The fourth-order valence-electron chi connectivity index (χ4n) is 1.39. The summed E-state index contributed by atoms with van der Waals surface area (Å²) in [5, 5.41) is 12.1. The molecule has 6 nitrogen and oxygen atoms in total. The van der Waals surface area contributed by atoms with Crippen molar-refractivity contribution in [1.29, 1.82) is 0 Å². The molecule has 0 fully saturated rings. The van der Waals surface area contributed by atoms with E-state index in [2.05, 4.69) is 5.32 Å². The zero-order valence-corrected chi connectivity index (χ0v) is 10.6. The molecular formula is C12H16N2O4. The Labute approximate surface area is 105 Å². The van der Waals surface area contributed by atoms with Gasteiger partial charge in [-0.25, -0.2) is 0 Å². The van der Waals surface area contributed by atoms with Crippen LogP contribution in [0, 0.1) is 0 Å². The number of phenolic OH excluding ortho intramolecular Hbond substituents is 1. The summed E-state index contributed by atoms with van der Waals surface area (Å²) in [6.45, 7) is -0.0774. The van der Waals surface area contributed by atoms with E-state index in [0.29, 0.717) is 5.75 Å². The molecule has 2 N–H and O–H groups in total. The number of benzene rings is 1. The van der Waals surface area contributed by atoms with E-state index in [4.69, 9.17) is 4.74 Å². The molecule has 98 valence electrons. The van der Waals surface area contributed by atoms with Crippen molar-refractivity contribution in [2.45, 2.75) is 0 Å². The number of carbonyl (C=O) groups is 2. The minimum atomic E-state index is -0.449. The van der Waals surface area contributed by atoms with E-state index in [0.717, 1.165) is 0 Å². The summed E-state index contributed by atoms with van der Waals surface area (Å²) in [5.74, 6) is -0.419. The Hall–Kier alpha value is -2.24. The molecule has 0 aliphatic rings. The van der Waals surface area contributed by atoms with Crippen LogP contribution in [0.25, 0.3) is 0 Å². The minimum Gasteiger partial charge on any atom is -0.507 e. The van der Waals surface area contributed by atoms with Gasteiger partial charge in [0.25, 0.3) is 5.91 Å². The molecule has 1 aromatic rings. The SMILES string of the molecule is CNC(=O)CN(C)C(=O)c1cc(OC)ccc1O. The topological polar surface area (TPSA) is 78.9 Å². The van der Waals surface area contributed by atoms with Crippen LogP contribution in [0.4, 0.5) is 0 Å². The number of aromatic hydroxyl groups is 1. The standard InChI is InChI=1S/C12H16N2O4/c1-13-11(16)7-14(2)12(17)9-6-8(18-3)4-5-10(9)15/h4-6,15H,7H2,1-3H3,(H,13,16). The van der Waals surface area contributed by atoms with Gasteiger partial charge in [0.15, 0.2) is 0 Å². The van der Waals surface area contributed by atoms with Gasteiger partial charge in [-0.15, -0.1) is 0 Å². The Balaban J connectivity index is 2.92. The fourth-order valence-corrected chi connectivity index (χ4v) is 1.39. The molecule has 0 aliphatic carbocycles. The van der Waals surface area contributed by atoms with Gasteiger partial charge in [-0.3, -0.25) is 9.59 Å². The summed E-state index contributed by atoms with van der Waals surface area (Å²) in [6, 6.07) is 4.35. The Morgan fingerprint density at radius 1 is 1.44 bits per heavy atom. The Kier molecular flexibility index (Phi) is 4.53. The monoisotopic (exact) mass is 252 g/mol. The van der Waals surface area contributed by atoms with Crippen LogP contribution in [0.15, 0.2) is 18.2 Å². The average molecular weight is 252 g/mol. The predicted molar refractivity (Wildman–Crippen MR) is 65.7 cm³/mol. The third-order valence-corrected chi connectivity index (χ3v) is 2.44. The van der Waals surface area contributed by atoms with Crippen LogP contribution in [0.5, 0.6) is 11.5 Å². The van der Waals surface area contributed by atoms with E-state index in [1.807, 2.05) is 0 Å². The van der Waals surface area contributed by atoms with E-state index in [9.17, 15) is 14.7 Å². The van der Waals surface area contributed by atoms with E-state index in [1.54, 1.807) is 6.07 Å². The normalized spacial score (nSPS) is 9.72. The van der Waals surface area contributed by atoms with Crippen molar-refractivity contribution in [1.82, 2.24) is 10.2 Å². The van der Waals surface area contributed by atoms with Crippen molar-refractivity contribution in [2.75, 3.05) is 27.7 Å². The van der Waals surface area contributed by atoms with Gasteiger partial charge in [0.05, 0.1) is 19.2 Å². The van der Waals surface area contributed by atoms with Gasteiger partial charge < -0.3 is 20.1 Å². The fraction of sp³-hybridized carbons (Fsp3) is 0.333. The molecule has 0 atom stereocenters. The van der Waals surface area contributed by atoms with E-state index >= 15 is 0 Å². The van der Waals surface area contributed by atoms with Crippen LogP contribution in [0.3, 0.4) is 0 Å². The number of rotatable bonds is 4. The van der Waals surface area contributed by atoms with Crippen LogP contribution >= 0.6 is 0 Å². The second-order valence-corrected chi connectivity index (χ2v) is 3.72. The molecule has 0 saturated heterocycles. The van der Waals surface area contributed by atoms with Crippen molar-refractivity contribution >= 4 is 11.8 Å². The zero-order valence-electron chi connectivity index (χ0n) is 10.6. The first kappa shape index (κ1) is 13.8. The Morgan fingerprint density at radius 3 is 2.67 bits per heavy atom. The summed E-state index contributed by atoms with van der Waals surface area (Å²) in [5.41, 5.74) is 0.0979. The van der Waals surface area contributed by atoms with E-state index in [1.165, 1.54) is 38.2 Å². The summed E-state index contributed by atoms with van der Waals surface area (Å²) in [7, 11) is 4.44. The lowest BCUT2D eigenvalue weighted by molar-refractivity contribution is -0.121. The van der Waals surface area contributed by atoms with Gasteiger partial charge in [0.1, 0.15) is 11.5 Å². The Bertz CT molecular complexity index is 459. The number of nitrogens with zero attached hydrogens (tertiary/aromatic N) is 1. The highest BCUT2D eigenvalue weighted by Gasteiger charge is 2.18. The zero-order chi connectivity index (χ0) is 13.7. The minimum absolute atomic E-state index is 0.0774. The second kappa shape index (κ2) is 5.90. The lowest BCUT2D eigenvalue weighted by atomic mass is 10.1. The molecule has 2 amide bonds. The van der Waals surface area contributed by atoms with Crippen LogP contribution in [-0.4, -0.2) is 49.6 Å². The molecule has 0 aromatic heterocycles. The summed E-state index contributed by atoms with van der Waals surface area (Å²) < 4.78 is 4.98. The van der Waals surface area contributed by atoms with Crippen LogP contribution in [0.1, 0.15) is 10.4 Å². The smallest absolute Gasteiger partial charge is 0.257 e. The number of hydrogen-bond donors (Lipinski definition) is 2. The largest absolute Gasteiger partial charge is 0.507 e. The number of phenols is 1. The maximum Gasteiger partial charge on any atom is 0.257 e. The predicted octanol–water partition coefficient (Wildman–Crippen LogP) is 0.219. The molecule has 0 unspecified atom stereocenters. The maximum atomic E-state index is 12.0. The molecule has 1 aromatic carbocycles. The average Bonchev–Trinajstić information content (AvgIpc) is 2.38. The summed E-state index contributed by atoms with van der Waals surface area (Å²) >= 11 is 0. The molecule has 0 heterocycles. The quantitative estimate of drug-likeness (QED) is 0.803. The van der Waals surface area contributed by atoms with Crippen molar-refractivity contribution in [3.05, 3.63) is 23.8 Å². The molecule has 6 heteroatoms.